The van der Waals surface area contributed by atoms with E-state index in [4.69, 9.17) is 15.2 Å². The first-order chi connectivity index (χ1) is 45.4. The largest absolute Gasteiger partial charge is 0.478 e. The van der Waals surface area contributed by atoms with Gasteiger partial charge in [-0.05, 0) is 143 Å². The molecule has 1 spiro atoms. The molecule has 3 heterocycles. The standard InChI is InChI=1S/C23H18FNO2.C22H16FNO2.C13H11Br.C10H8FNO2.C10H17NO2/c1-27-23(26)20-11-12-21(24)19-13-14-25(22(19)20)15-16-7-9-18(10-8-16)17-5-3-2-4-6-17;23-20-11-10-19(22(25)26)21-18(20)12-13-24(21)14-15-6-8-17(9-7-15)16-4-2-1-3-5-16;14-10-11-6-8-13(9-7-11)12-4-2-1-3-5-12;1-14-10(13)7-2-3-8(11)6-4-5-12-9(6)7;1-9(8(12)13-2)5-10(6-9)3-7(11)4-10/h2-14H,15H2,1H3;1-13H,14H2,(H,25,26);1-9H,10H2;2-5,12H,1H3;7H,3-6,11H2,1-2H3. The Bertz CT molecular complexity index is 4580. The van der Waals surface area contributed by atoms with Gasteiger partial charge in [0.2, 0.25) is 0 Å². The average Bonchev–Trinajstić information content (AvgIpc) is 1.01. The van der Waals surface area contributed by atoms with Gasteiger partial charge in [0.05, 0.1) is 60.0 Å². The third-order valence-corrected chi connectivity index (χ3v) is 17.7. The summed E-state index contributed by atoms with van der Waals surface area (Å²) in [7, 11) is 4.08. The number of methoxy groups -OCH3 is 3. The van der Waals surface area contributed by atoms with E-state index in [0.717, 1.165) is 64.4 Å². The summed E-state index contributed by atoms with van der Waals surface area (Å²) < 4.78 is 59.2. The van der Waals surface area contributed by atoms with E-state index in [1.807, 2.05) is 90.4 Å². The fourth-order valence-corrected chi connectivity index (χ4v) is 13.1. The number of benzene rings is 9. The van der Waals surface area contributed by atoms with Crippen LogP contribution in [-0.4, -0.2) is 70.5 Å². The number of rotatable bonds is 12. The SMILES string of the molecule is BrCc1ccc(-c2ccccc2)cc1.COC(=O)C1(C)CC2(CC(N)C2)C1.COC(=O)c1ccc(F)c2cc[nH]c12.COC(=O)c1ccc(F)c2ccn(Cc3ccc(-c4ccccc4)cc3)c12.O=C(O)c1ccc(F)c2ccn(Cc3ccc(-c4ccccc4)cc3)c12. The van der Waals surface area contributed by atoms with Crippen molar-refractivity contribution in [2.24, 2.45) is 16.6 Å². The van der Waals surface area contributed by atoms with Crippen LogP contribution in [0.2, 0.25) is 0 Å². The first kappa shape index (κ1) is 66.6. The van der Waals surface area contributed by atoms with Crippen LogP contribution in [0, 0.1) is 28.3 Å². The van der Waals surface area contributed by atoms with E-state index >= 15 is 0 Å². The highest BCUT2D eigenvalue weighted by Crippen LogP contribution is 2.64. The summed E-state index contributed by atoms with van der Waals surface area (Å²) in [6.45, 7) is 3.00. The van der Waals surface area contributed by atoms with Gasteiger partial charge >= 0.3 is 23.9 Å². The molecule has 4 N–H and O–H groups in total. The monoisotopic (exact) mass is 1330 g/mol. The molecular weight excluding hydrogens is 1260 g/mol. The zero-order valence-corrected chi connectivity index (χ0v) is 53.9. The second kappa shape index (κ2) is 30.0. The van der Waals surface area contributed by atoms with Crippen LogP contribution in [0.15, 0.2) is 237 Å². The molecule has 2 fully saturated rings. The molecule has 94 heavy (non-hydrogen) atoms. The van der Waals surface area contributed by atoms with Gasteiger partial charge in [0, 0.05) is 59.2 Å². The Hall–Kier alpha value is -10.3. The van der Waals surface area contributed by atoms with Crippen molar-refractivity contribution < 1.29 is 51.7 Å². The molecule has 0 unspecified atom stereocenters. The van der Waals surface area contributed by atoms with E-state index in [-0.39, 0.29) is 28.6 Å². The van der Waals surface area contributed by atoms with Crippen LogP contribution >= 0.6 is 15.9 Å². The topological polar surface area (TPSA) is 168 Å². The molecule has 0 bridgehead atoms. The van der Waals surface area contributed by atoms with E-state index in [1.54, 1.807) is 41.4 Å². The van der Waals surface area contributed by atoms with Gasteiger partial charge in [0.15, 0.2) is 0 Å². The maximum atomic E-state index is 14.2. The molecule has 12 nitrogen and oxygen atoms in total. The molecule has 16 heteroatoms. The average molecular weight is 1330 g/mol. The Morgan fingerprint density at radius 2 is 0.883 bits per heavy atom. The molecule has 0 atom stereocenters. The first-order valence-corrected chi connectivity index (χ1v) is 31.6. The minimum Gasteiger partial charge on any atom is -0.478 e. The van der Waals surface area contributed by atoms with Crippen LogP contribution in [-0.2, 0) is 37.4 Å². The Labute approximate surface area is 551 Å². The molecule has 14 rings (SSSR count). The summed E-state index contributed by atoms with van der Waals surface area (Å²) in [6, 6.07) is 68.8. The van der Waals surface area contributed by atoms with Crippen LogP contribution in [0.5, 0.6) is 0 Å². The van der Waals surface area contributed by atoms with Crippen LogP contribution in [0.3, 0.4) is 0 Å². The zero-order valence-electron chi connectivity index (χ0n) is 52.3. The molecule has 9 aromatic carbocycles. The van der Waals surface area contributed by atoms with Gasteiger partial charge in [0.1, 0.15) is 17.5 Å². The van der Waals surface area contributed by atoms with Crippen LogP contribution in [0.1, 0.15) is 80.4 Å². The number of aromatic carboxylic acids is 1. The van der Waals surface area contributed by atoms with Gasteiger partial charge in [-0.3, -0.25) is 4.79 Å². The summed E-state index contributed by atoms with van der Waals surface area (Å²) in [4.78, 5) is 49.0. The number of esters is 3. The third kappa shape index (κ3) is 15.3. The molecular formula is C78H70BrF3N4O8. The predicted octanol–water partition coefficient (Wildman–Crippen LogP) is 17.9. The Kier molecular flexibility index (Phi) is 21.3. The second-order valence-electron chi connectivity index (χ2n) is 23.6. The number of carboxylic acids is 1. The lowest BCUT2D eigenvalue weighted by molar-refractivity contribution is -0.176. The number of aromatic amines is 1. The number of nitrogens with two attached hydrogens (primary N) is 1. The van der Waals surface area contributed by atoms with Gasteiger partial charge in [0.25, 0.3) is 0 Å². The number of halogens is 4. The number of carbonyl (C=O) groups is 4. The molecule has 478 valence electrons. The highest BCUT2D eigenvalue weighted by molar-refractivity contribution is 9.08. The number of nitrogens with one attached hydrogen (secondary N) is 1. The molecule has 0 saturated heterocycles. The number of H-pyrrole nitrogens is 1. The van der Waals surface area contributed by atoms with E-state index in [0.29, 0.717) is 68.4 Å². The maximum absolute atomic E-state index is 14.2. The maximum Gasteiger partial charge on any atom is 0.340 e. The highest BCUT2D eigenvalue weighted by atomic mass is 79.9. The number of carboxylic acid groups (broad SMARTS) is 1. The first-order valence-electron chi connectivity index (χ1n) is 30.5. The Morgan fingerprint density at radius 3 is 1.29 bits per heavy atom. The fraction of sp³-hybridized carbons (Fsp3) is 0.179. The van der Waals surface area contributed by atoms with Crippen molar-refractivity contribution in [1.29, 1.82) is 0 Å². The quantitative estimate of drug-likeness (QED) is 0.0613. The lowest BCUT2D eigenvalue weighted by Gasteiger charge is -2.60. The molecule has 2 saturated carbocycles. The molecule has 0 radical (unpaired) electrons. The lowest BCUT2D eigenvalue weighted by atomic mass is 9.44. The number of hydrogen-bond acceptors (Lipinski definition) is 8. The van der Waals surface area contributed by atoms with Crippen molar-refractivity contribution in [3.63, 3.8) is 0 Å². The van der Waals surface area contributed by atoms with Gasteiger partial charge in [-0.15, -0.1) is 0 Å². The Balaban J connectivity index is 0.000000133. The van der Waals surface area contributed by atoms with Crippen molar-refractivity contribution in [2.75, 3.05) is 21.3 Å². The van der Waals surface area contributed by atoms with Crippen LogP contribution in [0.25, 0.3) is 66.1 Å². The normalized spacial score (nSPS) is 15.9. The third-order valence-electron chi connectivity index (χ3n) is 17.1. The number of carbonyl (C=O) groups excluding carboxylic acids is 3. The molecule has 2 aliphatic rings. The van der Waals surface area contributed by atoms with Crippen molar-refractivity contribution in [3.05, 3.63) is 288 Å². The predicted molar refractivity (Wildman–Crippen MR) is 367 cm³/mol. The zero-order chi connectivity index (χ0) is 66.5. The van der Waals surface area contributed by atoms with Gasteiger partial charge in [-0.2, -0.15) is 0 Å². The number of alkyl halides is 1. The van der Waals surface area contributed by atoms with Crippen molar-refractivity contribution >= 4 is 72.5 Å². The number of hydrogen-bond donors (Lipinski definition) is 3. The van der Waals surface area contributed by atoms with Crippen molar-refractivity contribution in [1.82, 2.24) is 14.1 Å². The van der Waals surface area contributed by atoms with E-state index < -0.39 is 23.7 Å². The summed E-state index contributed by atoms with van der Waals surface area (Å²) >= 11 is 3.44. The summed E-state index contributed by atoms with van der Waals surface area (Å²) in [5.74, 6) is -3.18. The van der Waals surface area contributed by atoms with Crippen molar-refractivity contribution in [3.8, 4) is 33.4 Å². The van der Waals surface area contributed by atoms with Crippen LogP contribution < -0.4 is 5.73 Å². The Morgan fingerprint density at radius 1 is 0.500 bits per heavy atom. The lowest BCUT2D eigenvalue weighted by Crippen LogP contribution is -2.59. The molecule has 2 aliphatic carbocycles. The number of nitrogens with zero attached hydrogens (tertiary/aromatic N) is 2. The minimum absolute atomic E-state index is 0.0569. The van der Waals surface area contributed by atoms with Crippen molar-refractivity contribution in [2.45, 2.75) is 57.1 Å². The summed E-state index contributed by atoms with van der Waals surface area (Å²) in [5.41, 5.74) is 18.7. The van der Waals surface area contributed by atoms with E-state index in [1.165, 1.54) is 74.4 Å². The minimum atomic E-state index is -1.06. The van der Waals surface area contributed by atoms with Gasteiger partial charge in [-0.1, -0.05) is 180 Å². The van der Waals surface area contributed by atoms with Crippen LogP contribution in [0.4, 0.5) is 13.2 Å². The summed E-state index contributed by atoms with van der Waals surface area (Å²) in [6.07, 6.45) is 9.25. The van der Waals surface area contributed by atoms with E-state index in [9.17, 15) is 37.5 Å². The number of fused-ring (bicyclic) bond motifs is 3. The number of ether oxygens (including phenoxy) is 3. The van der Waals surface area contributed by atoms with E-state index in [2.05, 4.69) is 111 Å². The molecule has 0 aliphatic heterocycles. The fourth-order valence-electron chi connectivity index (χ4n) is 12.7. The van der Waals surface area contributed by atoms with Gasteiger partial charge < -0.3 is 39.2 Å². The smallest absolute Gasteiger partial charge is 0.340 e. The molecule has 3 aromatic heterocycles. The molecule has 12 aromatic rings. The summed E-state index contributed by atoms with van der Waals surface area (Å²) in [5, 5.41) is 11.5. The van der Waals surface area contributed by atoms with Gasteiger partial charge in [-0.25, -0.2) is 27.6 Å². The number of aromatic nitrogens is 3. The molecule has 0 amide bonds. The highest BCUT2D eigenvalue weighted by Gasteiger charge is 2.60. The second-order valence-corrected chi connectivity index (χ2v) is 24.2.